The van der Waals surface area contributed by atoms with E-state index in [4.69, 9.17) is 0 Å². The van der Waals surface area contributed by atoms with Gasteiger partial charge in [0.15, 0.2) is 0 Å². The largest absolute Gasteiger partial charge is 0.382 e. The Labute approximate surface area is 106 Å². The normalized spacial score (nSPS) is 19.7. The minimum atomic E-state index is -2.56. The fourth-order valence-corrected chi connectivity index (χ4v) is 1.71. The lowest BCUT2D eigenvalue weighted by molar-refractivity contribution is -0.131. The zero-order chi connectivity index (χ0) is 13.9. The van der Waals surface area contributed by atoms with Crippen LogP contribution in [0.3, 0.4) is 0 Å². The van der Waals surface area contributed by atoms with Crippen molar-refractivity contribution >= 4 is 5.91 Å². The van der Waals surface area contributed by atoms with Crippen molar-refractivity contribution in [2.24, 2.45) is 0 Å². The lowest BCUT2D eigenvalue weighted by Gasteiger charge is -2.31. The monoisotopic (exact) mass is 264 g/mol. The van der Waals surface area contributed by atoms with Gasteiger partial charge in [-0.05, 0) is 33.6 Å². The number of aliphatic hydroxyl groups is 1. The third-order valence-electron chi connectivity index (χ3n) is 2.62. The molecule has 0 aromatic heterocycles. The number of hydrogen-bond acceptors (Lipinski definition) is 3. The highest BCUT2D eigenvalue weighted by atomic mass is 19.3. The lowest BCUT2D eigenvalue weighted by Crippen LogP contribution is -2.55. The molecule has 0 aliphatic heterocycles. The predicted octanol–water partition coefficient (Wildman–Crippen LogP) is 1.04. The Balaban J connectivity index is 2.58. The molecule has 1 fully saturated rings. The van der Waals surface area contributed by atoms with Crippen molar-refractivity contribution in [3.8, 4) is 0 Å². The number of carbonyl (C=O) groups is 1. The molecule has 3 N–H and O–H groups in total. The molecule has 1 aliphatic rings. The van der Waals surface area contributed by atoms with E-state index < -0.39 is 36.4 Å². The fraction of sp³-hybridized carbons (Fsp3) is 0.917. The SMILES string of the molecule is CC(C)(C)NC(CC(F)F)C(O)C(=O)NC1CC1. The molecule has 0 radical (unpaired) electrons. The van der Waals surface area contributed by atoms with Crippen molar-refractivity contribution in [2.45, 2.75) is 70.2 Å². The maximum Gasteiger partial charge on any atom is 0.250 e. The molecule has 0 saturated heterocycles. The number of carbonyl (C=O) groups excluding carboxylic acids is 1. The maximum atomic E-state index is 12.5. The van der Waals surface area contributed by atoms with Gasteiger partial charge in [-0.1, -0.05) is 0 Å². The molecule has 2 atom stereocenters. The molecule has 0 heterocycles. The summed E-state index contributed by atoms with van der Waals surface area (Å²) in [5.74, 6) is -0.570. The van der Waals surface area contributed by atoms with Gasteiger partial charge in [0.2, 0.25) is 6.43 Å². The standard InChI is InChI=1S/C12H22F2N2O2/c1-12(2,3)16-8(6-9(13)14)10(17)11(18)15-7-4-5-7/h7-10,16-17H,4-6H2,1-3H3,(H,15,18). The molecule has 106 valence electrons. The van der Waals surface area contributed by atoms with Gasteiger partial charge in [0.1, 0.15) is 6.10 Å². The minimum Gasteiger partial charge on any atom is -0.382 e. The number of nitrogens with one attached hydrogen (secondary N) is 2. The van der Waals surface area contributed by atoms with Crippen molar-refractivity contribution in [1.29, 1.82) is 0 Å². The Morgan fingerprint density at radius 2 is 1.94 bits per heavy atom. The molecule has 2 unspecified atom stereocenters. The Kier molecular flexibility index (Phi) is 5.04. The molecule has 1 rings (SSSR count). The molecular formula is C12H22F2N2O2. The minimum absolute atomic E-state index is 0.106. The van der Waals surface area contributed by atoms with Gasteiger partial charge in [0.25, 0.3) is 5.91 Å². The zero-order valence-corrected chi connectivity index (χ0v) is 11.0. The number of amides is 1. The Hall–Kier alpha value is -0.750. The molecule has 4 nitrogen and oxygen atoms in total. The van der Waals surface area contributed by atoms with Crippen LogP contribution in [0.2, 0.25) is 0 Å². The van der Waals surface area contributed by atoms with Crippen LogP contribution < -0.4 is 10.6 Å². The lowest BCUT2D eigenvalue weighted by atomic mass is 10.0. The van der Waals surface area contributed by atoms with Gasteiger partial charge in [0.05, 0.1) is 0 Å². The van der Waals surface area contributed by atoms with Crippen LogP contribution in [0.4, 0.5) is 8.78 Å². The molecule has 1 amide bonds. The van der Waals surface area contributed by atoms with Crippen molar-refractivity contribution in [1.82, 2.24) is 10.6 Å². The third kappa shape index (κ3) is 5.73. The topological polar surface area (TPSA) is 61.4 Å². The van der Waals surface area contributed by atoms with Crippen LogP contribution in [0.5, 0.6) is 0 Å². The van der Waals surface area contributed by atoms with Gasteiger partial charge in [-0.15, -0.1) is 0 Å². The van der Waals surface area contributed by atoms with Gasteiger partial charge in [-0.25, -0.2) is 8.78 Å². The Morgan fingerprint density at radius 3 is 2.33 bits per heavy atom. The second-order valence-corrected chi connectivity index (χ2v) is 5.86. The molecule has 1 saturated carbocycles. The van der Waals surface area contributed by atoms with Crippen molar-refractivity contribution in [2.75, 3.05) is 0 Å². The van der Waals surface area contributed by atoms with Crippen LogP contribution in [-0.4, -0.2) is 41.2 Å². The maximum absolute atomic E-state index is 12.5. The summed E-state index contributed by atoms with van der Waals surface area (Å²) in [6, 6.07) is -0.835. The van der Waals surface area contributed by atoms with Crippen LogP contribution in [0.15, 0.2) is 0 Å². The van der Waals surface area contributed by atoms with Crippen LogP contribution in [0, 0.1) is 0 Å². The van der Waals surface area contributed by atoms with E-state index in [1.165, 1.54) is 0 Å². The van der Waals surface area contributed by atoms with Gasteiger partial charge >= 0.3 is 0 Å². The van der Waals surface area contributed by atoms with E-state index in [9.17, 15) is 18.7 Å². The summed E-state index contributed by atoms with van der Waals surface area (Å²) in [6.07, 6.45) is -2.77. The van der Waals surface area contributed by atoms with Gasteiger partial charge in [-0.2, -0.15) is 0 Å². The summed E-state index contributed by atoms with van der Waals surface area (Å²) in [5.41, 5.74) is -0.444. The third-order valence-corrected chi connectivity index (χ3v) is 2.62. The van der Waals surface area contributed by atoms with Crippen molar-refractivity contribution in [3.05, 3.63) is 0 Å². The summed E-state index contributed by atoms with van der Waals surface area (Å²) < 4.78 is 25.0. The molecular weight excluding hydrogens is 242 g/mol. The summed E-state index contributed by atoms with van der Waals surface area (Å²) in [7, 11) is 0. The van der Waals surface area contributed by atoms with E-state index in [1.807, 2.05) is 0 Å². The quantitative estimate of drug-likeness (QED) is 0.671. The highest BCUT2D eigenvalue weighted by molar-refractivity contribution is 5.81. The molecule has 0 bridgehead atoms. The Bertz CT molecular complexity index is 288. The molecule has 0 aromatic carbocycles. The zero-order valence-electron chi connectivity index (χ0n) is 11.0. The Morgan fingerprint density at radius 1 is 1.39 bits per heavy atom. The smallest absolute Gasteiger partial charge is 0.250 e. The van der Waals surface area contributed by atoms with Gasteiger partial charge < -0.3 is 15.7 Å². The molecule has 6 heteroatoms. The van der Waals surface area contributed by atoms with Crippen LogP contribution >= 0.6 is 0 Å². The van der Waals surface area contributed by atoms with Crippen LogP contribution in [0.25, 0.3) is 0 Å². The number of alkyl halides is 2. The number of aliphatic hydroxyl groups excluding tert-OH is 1. The first-order chi connectivity index (χ1) is 8.19. The van der Waals surface area contributed by atoms with E-state index in [0.717, 1.165) is 12.8 Å². The van der Waals surface area contributed by atoms with E-state index in [0.29, 0.717) is 0 Å². The van der Waals surface area contributed by atoms with Crippen molar-refractivity contribution in [3.63, 3.8) is 0 Å². The van der Waals surface area contributed by atoms with Crippen LogP contribution in [-0.2, 0) is 4.79 Å². The number of rotatable bonds is 6. The van der Waals surface area contributed by atoms with Gasteiger partial charge in [-0.3, -0.25) is 4.79 Å². The van der Waals surface area contributed by atoms with E-state index in [-0.39, 0.29) is 6.04 Å². The molecule has 0 spiro atoms. The predicted molar refractivity (Wildman–Crippen MR) is 64.5 cm³/mol. The van der Waals surface area contributed by atoms with E-state index in [1.54, 1.807) is 20.8 Å². The summed E-state index contributed by atoms with van der Waals surface area (Å²) in [5, 5.41) is 15.3. The van der Waals surface area contributed by atoms with E-state index >= 15 is 0 Å². The van der Waals surface area contributed by atoms with Crippen molar-refractivity contribution < 1.29 is 18.7 Å². The average molecular weight is 264 g/mol. The highest BCUT2D eigenvalue weighted by Crippen LogP contribution is 2.19. The highest BCUT2D eigenvalue weighted by Gasteiger charge is 2.34. The fourth-order valence-electron chi connectivity index (χ4n) is 1.71. The summed E-state index contributed by atoms with van der Waals surface area (Å²) in [6.45, 7) is 5.41. The first kappa shape index (κ1) is 15.3. The molecule has 0 aromatic rings. The average Bonchev–Trinajstić information content (AvgIpc) is 2.96. The first-order valence-electron chi connectivity index (χ1n) is 6.23. The summed E-state index contributed by atoms with van der Waals surface area (Å²) in [4.78, 5) is 11.7. The molecule has 18 heavy (non-hydrogen) atoms. The second kappa shape index (κ2) is 5.93. The summed E-state index contributed by atoms with van der Waals surface area (Å²) >= 11 is 0. The number of hydrogen-bond donors (Lipinski definition) is 3. The second-order valence-electron chi connectivity index (χ2n) is 5.86. The first-order valence-corrected chi connectivity index (χ1v) is 6.23. The van der Waals surface area contributed by atoms with E-state index in [2.05, 4.69) is 10.6 Å². The number of halogens is 2. The van der Waals surface area contributed by atoms with Crippen LogP contribution in [0.1, 0.15) is 40.0 Å². The molecule has 1 aliphatic carbocycles. The van der Waals surface area contributed by atoms with Gasteiger partial charge in [0, 0.05) is 24.0 Å².